The Bertz CT molecular complexity index is 1450. The van der Waals surface area contributed by atoms with Crippen molar-refractivity contribution in [3.8, 4) is 11.5 Å². The van der Waals surface area contributed by atoms with Gasteiger partial charge in [-0.25, -0.2) is 10.2 Å². The number of carbonyl (C=O) groups is 4. The lowest BCUT2D eigenvalue weighted by molar-refractivity contribution is -0.124. The first-order chi connectivity index (χ1) is 20.2. The first-order valence-corrected chi connectivity index (χ1v) is 13.3. The van der Waals surface area contributed by atoms with Crippen molar-refractivity contribution in [2.24, 2.45) is 5.10 Å². The summed E-state index contributed by atoms with van der Waals surface area (Å²) >= 11 is 0. The van der Waals surface area contributed by atoms with E-state index in [1.807, 2.05) is 32.0 Å². The first-order valence-electron chi connectivity index (χ1n) is 13.3. The van der Waals surface area contributed by atoms with Gasteiger partial charge in [-0.3, -0.25) is 14.4 Å². The molecule has 3 aromatic rings. The summed E-state index contributed by atoms with van der Waals surface area (Å²) < 4.78 is 15.9. The Morgan fingerprint density at radius 2 is 1.60 bits per heavy atom. The van der Waals surface area contributed by atoms with Crippen molar-refractivity contribution in [2.45, 2.75) is 33.6 Å². The number of hydrogen-bond donors (Lipinski definition) is 3. The van der Waals surface area contributed by atoms with Crippen LogP contribution >= 0.6 is 0 Å². The Morgan fingerprint density at radius 3 is 2.31 bits per heavy atom. The molecule has 0 aliphatic carbocycles. The van der Waals surface area contributed by atoms with E-state index in [-0.39, 0.29) is 32.0 Å². The summed E-state index contributed by atoms with van der Waals surface area (Å²) in [5.74, 6) is -0.812. The zero-order chi connectivity index (χ0) is 30.5. The molecule has 0 heterocycles. The number of methoxy groups -OCH3 is 1. The van der Waals surface area contributed by atoms with Crippen LogP contribution in [0.3, 0.4) is 0 Å². The number of hydrogen-bond acceptors (Lipinski definition) is 8. The van der Waals surface area contributed by atoms with Crippen LogP contribution < -0.4 is 25.5 Å². The van der Waals surface area contributed by atoms with Gasteiger partial charge in [0.1, 0.15) is 0 Å². The maximum atomic E-state index is 12.3. The van der Waals surface area contributed by atoms with Gasteiger partial charge in [0.2, 0.25) is 11.8 Å². The van der Waals surface area contributed by atoms with Gasteiger partial charge in [-0.05, 0) is 86.0 Å². The van der Waals surface area contributed by atoms with Crippen LogP contribution in [0.4, 0.5) is 11.4 Å². The maximum Gasteiger partial charge on any atom is 0.338 e. The molecule has 0 bridgehead atoms. The number of esters is 1. The van der Waals surface area contributed by atoms with Crippen LogP contribution in [0.5, 0.6) is 11.5 Å². The molecule has 0 atom stereocenters. The molecular weight excluding hydrogens is 540 g/mol. The predicted molar refractivity (Wildman–Crippen MR) is 159 cm³/mol. The third kappa shape index (κ3) is 9.47. The standard InChI is InChI=1S/C31H34N4O7/c1-5-41-31(39)23-10-12-24(13-11-23)33-30(38)19-42-26-14-9-22(17-27(26)40-4)18-32-35-29(37)16-15-28(36)34-25-8-6-7-20(2)21(25)3/h6-14,17-18H,5,15-16,19H2,1-4H3,(H,33,38)(H,34,36)(H,35,37). The molecular formula is C31H34N4O7. The fourth-order valence-corrected chi connectivity index (χ4v) is 3.69. The summed E-state index contributed by atoms with van der Waals surface area (Å²) in [6.07, 6.45) is 1.41. The minimum Gasteiger partial charge on any atom is -0.493 e. The van der Waals surface area contributed by atoms with E-state index in [1.165, 1.54) is 13.3 Å². The van der Waals surface area contributed by atoms with Crippen molar-refractivity contribution >= 4 is 41.3 Å². The minimum absolute atomic E-state index is 0.0150. The van der Waals surface area contributed by atoms with Crippen molar-refractivity contribution in [3.05, 3.63) is 82.9 Å². The quantitative estimate of drug-likeness (QED) is 0.156. The number of nitrogens with zero attached hydrogens (tertiary/aromatic N) is 1. The van der Waals surface area contributed by atoms with Crippen LogP contribution in [0, 0.1) is 13.8 Å². The van der Waals surface area contributed by atoms with Crippen LogP contribution in [0.2, 0.25) is 0 Å². The topological polar surface area (TPSA) is 144 Å². The molecule has 11 nitrogen and oxygen atoms in total. The molecule has 3 aromatic carbocycles. The Hall–Kier alpha value is -5.19. The molecule has 0 unspecified atom stereocenters. The molecule has 0 fully saturated rings. The predicted octanol–water partition coefficient (Wildman–Crippen LogP) is 4.38. The zero-order valence-electron chi connectivity index (χ0n) is 24.0. The average Bonchev–Trinajstić information content (AvgIpc) is 2.98. The summed E-state index contributed by atoms with van der Waals surface area (Å²) in [4.78, 5) is 48.4. The zero-order valence-corrected chi connectivity index (χ0v) is 24.0. The lowest BCUT2D eigenvalue weighted by atomic mass is 10.1. The summed E-state index contributed by atoms with van der Waals surface area (Å²) in [6.45, 7) is 5.61. The van der Waals surface area contributed by atoms with E-state index in [0.717, 1.165) is 16.8 Å². The second-order valence-electron chi connectivity index (χ2n) is 9.13. The highest BCUT2D eigenvalue weighted by Gasteiger charge is 2.11. The average molecular weight is 575 g/mol. The number of amides is 3. The molecule has 0 radical (unpaired) electrons. The highest BCUT2D eigenvalue weighted by Crippen LogP contribution is 2.27. The first kappa shape index (κ1) is 31.3. The van der Waals surface area contributed by atoms with Crippen LogP contribution in [0.1, 0.15) is 46.8 Å². The van der Waals surface area contributed by atoms with Crippen LogP contribution in [-0.4, -0.2) is 50.2 Å². The van der Waals surface area contributed by atoms with Crippen LogP contribution in [0.25, 0.3) is 0 Å². The fourth-order valence-electron chi connectivity index (χ4n) is 3.69. The van der Waals surface area contributed by atoms with Gasteiger partial charge in [-0.2, -0.15) is 5.10 Å². The van der Waals surface area contributed by atoms with E-state index >= 15 is 0 Å². The molecule has 0 saturated carbocycles. The largest absolute Gasteiger partial charge is 0.493 e. The molecule has 42 heavy (non-hydrogen) atoms. The SMILES string of the molecule is CCOC(=O)c1ccc(NC(=O)COc2ccc(C=NNC(=O)CCC(=O)Nc3cccc(C)c3C)cc2OC)cc1. The Kier molecular flexibility index (Phi) is 11.6. The lowest BCUT2D eigenvalue weighted by Crippen LogP contribution is -2.21. The highest BCUT2D eigenvalue weighted by molar-refractivity contribution is 5.95. The molecule has 3 amide bonds. The number of rotatable bonds is 13. The van der Waals surface area contributed by atoms with Gasteiger partial charge in [0, 0.05) is 24.2 Å². The Labute approximate surface area is 244 Å². The van der Waals surface area contributed by atoms with E-state index in [2.05, 4.69) is 21.2 Å². The molecule has 3 rings (SSSR count). The second kappa shape index (κ2) is 15.6. The highest BCUT2D eigenvalue weighted by atomic mass is 16.5. The second-order valence-corrected chi connectivity index (χ2v) is 9.13. The van der Waals surface area contributed by atoms with E-state index in [4.69, 9.17) is 14.2 Å². The number of hydrazone groups is 1. The van der Waals surface area contributed by atoms with Gasteiger partial charge >= 0.3 is 5.97 Å². The molecule has 0 aliphatic rings. The Balaban J connectivity index is 1.44. The van der Waals surface area contributed by atoms with Crippen molar-refractivity contribution in [1.82, 2.24) is 5.43 Å². The summed E-state index contributed by atoms with van der Waals surface area (Å²) in [5, 5.41) is 9.45. The van der Waals surface area contributed by atoms with Gasteiger partial charge in [-0.15, -0.1) is 0 Å². The van der Waals surface area contributed by atoms with Gasteiger partial charge in [0.25, 0.3) is 5.91 Å². The van der Waals surface area contributed by atoms with Crippen molar-refractivity contribution in [2.75, 3.05) is 31.0 Å². The normalized spacial score (nSPS) is 10.6. The van der Waals surface area contributed by atoms with E-state index in [9.17, 15) is 19.2 Å². The number of ether oxygens (including phenoxy) is 3. The molecule has 0 aliphatic heterocycles. The van der Waals surface area contributed by atoms with Crippen molar-refractivity contribution in [1.29, 1.82) is 0 Å². The van der Waals surface area contributed by atoms with Crippen molar-refractivity contribution < 1.29 is 33.4 Å². The summed E-state index contributed by atoms with van der Waals surface area (Å²) in [5.41, 5.74) is 6.67. The molecule has 11 heteroatoms. The number of nitrogens with one attached hydrogen (secondary N) is 3. The molecule has 220 valence electrons. The summed E-state index contributed by atoms with van der Waals surface area (Å²) in [7, 11) is 1.46. The van der Waals surface area contributed by atoms with E-state index < -0.39 is 17.8 Å². The number of anilines is 2. The molecule has 3 N–H and O–H groups in total. The molecule has 0 saturated heterocycles. The van der Waals surface area contributed by atoms with Crippen LogP contribution in [0.15, 0.2) is 65.8 Å². The van der Waals surface area contributed by atoms with Crippen LogP contribution in [-0.2, 0) is 19.1 Å². The molecule has 0 aromatic heterocycles. The van der Waals surface area contributed by atoms with Gasteiger partial charge in [0.15, 0.2) is 18.1 Å². The van der Waals surface area contributed by atoms with Gasteiger partial charge in [-0.1, -0.05) is 12.1 Å². The third-order valence-corrected chi connectivity index (χ3v) is 6.09. The smallest absolute Gasteiger partial charge is 0.338 e. The number of benzene rings is 3. The van der Waals surface area contributed by atoms with E-state index in [1.54, 1.807) is 49.4 Å². The molecule has 0 spiro atoms. The minimum atomic E-state index is -0.435. The van der Waals surface area contributed by atoms with E-state index in [0.29, 0.717) is 28.3 Å². The Morgan fingerprint density at radius 1 is 0.857 bits per heavy atom. The monoisotopic (exact) mass is 574 g/mol. The van der Waals surface area contributed by atoms with Gasteiger partial charge in [0.05, 0.1) is 25.5 Å². The number of aryl methyl sites for hydroxylation is 1. The van der Waals surface area contributed by atoms with Gasteiger partial charge < -0.3 is 24.8 Å². The maximum absolute atomic E-state index is 12.3. The lowest BCUT2D eigenvalue weighted by Gasteiger charge is -2.12. The van der Waals surface area contributed by atoms with Crippen molar-refractivity contribution in [3.63, 3.8) is 0 Å². The number of carbonyl (C=O) groups excluding carboxylic acids is 4. The fraction of sp³-hybridized carbons (Fsp3) is 0.258. The summed E-state index contributed by atoms with van der Waals surface area (Å²) in [6, 6.07) is 16.9. The third-order valence-electron chi connectivity index (χ3n) is 6.09.